The van der Waals surface area contributed by atoms with Crippen LogP contribution in [0.2, 0.25) is 0 Å². The van der Waals surface area contributed by atoms with E-state index in [2.05, 4.69) is 26.6 Å². The van der Waals surface area contributed by atoms with E-state index in [1.807, 2.05) is 0 Å². The van der Waals surface area contributed by atoms with Gasteiger partial charge in [-0.1, -0.05) is 12.1 Å². The highest BCUT2D eigenvalue weighted by molar-refractivity contribution is 9.10. The Kier molecular flexibility index (Phi) is 5.21. The van der Waals surface area contributed by atoms with Gasteiger partial charge in [0.1, 0.15) is 0 Å². The van der Waals surface area contributed by atoms with Crippen LogP contribution in [0.5, 0.6) is 0 Å². The molecule has 0 radical (unpaired) electrons. The van der Waals surface area contributed by atoms with Gasteiger partial charge in [-0.25, -0.2) is 8.78 Å². The van der Waals surface area contributed by atoms with Crippen molar-refractivity contribution in [3.8, 4) is 0 Å². The molecule has 0 unspecified atom stereocenters. The molecule has 0 aliphatic heterocycles. The van der Waals surface area contributed by atoms with Gasteiger partial charge in [0.2, 0.25) is 5.91 Å². The van der Waals surface area contributed by atoms with Crippen molar-refractivity contribution in [2.75, 3.05) is 11.9 Å². The molecule has 0 aliphatic carbocycles. The molecule has 4 nitrogen and oxygen atoms in total. The number of anilines is 1. The van der Waals surface area contributed by atoms with Crippen LogP contribution >= 0.6 is 15.9 Å². The number of nitrogens with one attached hydrogen (secondary N) is 2. The minimum atomic E-state index is -1.12. The Morgan fingerprint density at radius 2 is 1.77 bits per heavy atom. The van der Waals surface area contributed by atoms with E-state index < -0.39 is 23.4 Å². The van der Waals surface area contributed by atoms with Gasteiger partial charge in [-0.05, 0) is 46.3 Å². The largest absolute Gasteiger partial charge is 0.343 e. The van der Waals surface area contributed by atoms with Crippen molar-refractivity contribution in [3.63, 3.8) is 0 Å². The average Bonchev–Trinajstić information content (AvgIpc) is 2.50. The number of benzene rings is 2. The molecule has 0 aromatic heterocycles. The molecule has 0 heterocycles. The summed E-state index contributed by atoms with van der Waals surface area (Å²) in [4.78, 5) is 23.5. The summed E-state index contributed by atoms with van der Waals surface area (Å²) >= 11 is 3.28. The van der Waals surface area contributed by atoms with Gasteiger partial charge in [0.25, 0.3) is 5.91 Å². The molecule has 22 heavy (non-hydrogen) atoms. The van der Waals surface area contributed by atoms with Crippen molar-refractivity contribution < 1.29 is 18.4 Å². The molecule has 2 amide bonds. The lowest BCUT2D eigenvalue weighted by atomic mass is 10.2. The predicted octanol–water partition coefficient (Wildman–Crippen LogP) is 3.10. The van der Waals surface area contributed by atoms with Crippen LogP contribution in [0.25, 0.3) is 0 Å². The fraction of sp³-hybridized carbons (Fsp3) is 0.0667. The molecule has 2 aromatic rings. The molecule has 0 atom stereocenters. The second kappa shape index (κ2) is 7.13. The zero-order valence-corrected chi connectivity index (χ0v) is 12.8. The standard InChI is InChI=1S/C15H11BrF2N2O2/c16-10-3-1-2-4-13(10)20-14(21)8-19-15(22)9-5-6-11(17)12(18)7-9/h1-7H,8H2,(H,19,22)(H,20,21). The first kappa shape index (κ1) is 16.1. The van der Waals surface area contributed by atoms with E-state index in [1.165, 1.54) is 0 Å². The summed E-state index contributed by atoms with van der Waals surface area (Å²) in [5.41, 5.74) is 0.502. The minimum Gasteiger partial charge on any atom is -0.343 e. The van der Waals surface area contributed by atoms with Gasteiger partial charge in [0.15, 0.2) is 11.6 Å². The van der Waals surface area contributed by atoms with E-state index in [0.29, 0.717) is 10.2 Å². The summed E-state index contributed by atoms with van der Waals surface area (Å²) in [6, 6.07) is 9.76. The number of amides is 2. The zero-order chi connectivity index (χ0) is 16.1. The van der Waals surface area contributed by atoms with Gasteiger partial charge in [-0.15, -0.1) is 0 Å². The Bertz CT molecular complexity index is 722. The normalized spacial score (nSPS) is 10.1. The second-order valence-electron chi connectivity index (χ2n) is 4.34. The number of carbonyl (C=O) groups is 2. The Morgan fingerprint density at radius 1 is 1.05 bits per heavy atom. The second-order valence-corrected chi connectivity index (χ2v) is 5.19. The van der Waals surface area contributed by atoms with E-state index in [4.69, 9.17) is 0 Å². The molecule has 0 fully saturated rings. The monoisotopic (exact) mass is 368 g/mol. The van der Waals surface area contributed by atoms with Crippen molar-refractivity contribution in [2.45, 2.75) is 0 Å². The van der Waals surface area contributed by atoms with Gasteiger partial charge in [-0.2, -0.15) is 0 Å². The minimum absolute atomic E-state index is 0.0624. The number of para-hydroxylation sites is 1. The lowest BCUT2D eigenvalue weighted by Crippen LogP contribution is -2.33. The van der Waals surface area contributed by atoms with Crippen molar-refractivity contribution in [3.05, 3.63) is 64.1 Å². The summed E-state index contributed by atoms with van der Waals surface area (Å²) in [5.74, 6) is -3.27. The van der Waals surface area contributed by atoms with Gasteiger partial charge < -0.3 is 10.6 Å². The van der Waals surface area contributed by atoms with E-state index in [9.17, 15) is 18.4 Å². The third-order valence-electron chi connectivity index (χ3n) is 2.74. The molecule has 0 saturated carbocycles. The molecule has 114 valence electrons. The highest BCUT2D eigenvalue weighted by atomic mass is 79.9. The summed E-state index contributed by atoms with van der Waals surface area (Å²) in [6.07, 6.45) is 0. The Labute approximate surface area is 133 Å². The smallest absolute Gasteiger partial charge is 0.251 e. The lowest BCUT2D eigenvalue weighted by Gasteiger charge is -2.08. The molecule has 0 bridgehead atoms. The van der Waals surface area contributed by atoms with Crippen molar-refractivity contribution in [1.29, 1.82) is 0 Å². The van der Waals surface area contributed by atoms with E-state index >= 15 is 0 Å². The molecular weight excluding hydrogens is 358 g/mol. The van der Waals surface area contributed by atoms with E-state index in [-0.39, 0.29) is 12.1 Å². The topological polar surface area (TPSA) is 58.2 Å². The number of hydrogen-bond donors (Lipinski definition) is 2. The molecule has 7 heteroatoms. The molecule has 0 spiro atoms. The SMILES string of the molecule is O=C(CNC(=O)c1ccc(F)c(F)c1)Nc1ccccc1Br. The number of rotatable bonds is 4. The van der Waals surface area contributed by atoms with Gasteiger partial charge >= 0.3 is 0 Å². The molecule has 0 saturated heterocycles. The first-order valence-electron chi connectivity index (χ1n) is 6.25. The van der Waals surface area contributed by atoms with E-state index in [1.54, 1.807) is 24.3 Å². The summed E-state index contributed by atoms with van der Waals surface area (Å²) in [5, 5.41) is 4.93. The van der Waals surface area contributed by atoms with Gasteiger partial charge in [-0.3, -0.25) is 9.59 Å². The number of halogens is 3. The van der Waals surface area contributed by atoms with Crippen LogP contribution in [0.3, 0.4) is 0 Å². The molecule has 0 aliphatic rings. The van der Waals surface area contributed by atoms with Crippen LogP contribution in [0.4, 0.5) is 14.5 Å². The first-order valence-corrected chi connectivity index (χ1v) is 7.04. The number of carbonyl (C=O) groups excluding carboxylic acids is 2. The van der Waals surface area contributed by atoms with Crippen LogP contribution in [0.15, 0.2) is 46.9 Å². The third-order valence-corrected chi connectivity index (χ3v) is 3.43. The first-order chi connectivity index (χ1) is 10.5. The Balaban J connectivity index is 1.92. The van der Waals surface area contributed by atoms with Crippen molar-refractivity contribution in [2.24, 2.45) is 0 Å². The summed E-state index contributed by atoms with van der Waals surface area (Å²) < 4.78 is 26.5. The highest BCUT2D eigenvalue weighted by Crippen LogP contribution is 2.20. The van der Waals surface area contributed by atoms with Crippen molar-refractivity contribution in [1.82, 2.24) is 5.32 Å². The lowest BCUT2D eigenvalue weighted by molar-refractivity contribution is -0.115. The molecule has 2 N–H and O–H groups in total. The summed E-state index contributed by atoms with van der Waals surface area (Å²) in [6.45, 7) is -0.292. The quantitative estimate of drug-likeness (QED) is 0.870. The van der Waals surface area contributed by atoms with Gasteiger partial charge in [0.05, 0.1) is 12.2 Å². The van der Waals surface area contributed by atoms with Crippen LogP contribution in [0.1, 0.15) is 10.4 Å². The maximum Gasteiger partial charge on any atom is 0.251 e. The van der Waals surface area contributed by atoms with E-state index in [0.717, 1.165) is 18.2 Å². The maximum atomic E-state index is 13.0. The Morgan fingerprint density at radius 3 is 2.45 bits per heavy atom. The van der Waals surface area contributed by atoms with Crippen LogP contribution in [-0.2, 0) is 4.79 Å². The van der Waals surface area contributed by atoms with Gasteiger partial charge in [0, 0.05) is 10.0 Å². The maximum absolute atomic E-state index is 13.0. The molecule has 2 aromatic carbocycles. The van der Waals surface area contributed by atoms with Crippen LogP contribution < -0.4 is 10.6 Å². The van der Waals surface area contributed by atoms with Crippen molar-refractivity contribution >= 4 is 33.4 Å². The van der Waals surface area contributed by atoms with Crippen LogP contribution in [0, 0.1) is 11.6 Å². The molecule has 2 rings (SSSR count). The Hall–Kier alpha value is -2.28. The summed E-state index contributed by atoms with van der Waals surface area (Å²) in [7, 11) is 0. The zero-order valence-electron chi connectivity index (χ0n) is 11.2. The average molecular weight is 369 g/mol. The highest BCUT2D eigenvalue weighted by Gasteiger charge is 2.11. The fourth-order valence-corrected chi connectivity index (χ4v) is 2.04. The predicted molar refractivity (Wildman–Crippen MR) is 81.5 cm³/mol. The number of hydrogen-bond acceptors (Lipinski definition) is 2. The third kappa shape index (κ3) is 4.11. The molecular formula is C15H11BrF2N2O2. The van der Waals surface area contributed by atoms with Crippen LogP contribution in [-0.4, -0.2) is 18.4 Å². The fourth-order valence-electron chi connectivity index (χ4n) is 1.66.